The van der Waals surface area contributed by atoms with Gasteiger partial charge in [-0.25, -0.2) is 4.98 Å². The molecule has 1 aliphatic carbocycles. The zero-order valence-electron chi connectivity index (χ0n) is 16.5. The predicted octanol–water partition coefficient (Wildman–Crippen LogP) is 4.37. The number of benzene rings is 1. The highest BCUT2D eigenvalue weighted by molar-refractivity contribution is 5.94. The molecule has 8 heteroatoms. The topological polar surface area (TPSA) is 64.1 Å². The second kappa shape index (κ2) is 8.75. The van der Waals surface area contributed by atoms with Crippen LogP contribution in [0.25, 0.3) is 11.1 Å². The third kappa shape index (κ3) is 5.20. The van der Waals surface area contributed by atoms with E-state index in [-0.39, 0.29) is 23.4 Å². The van der Waals surface area contributed by atoms with Gasteiger partial charge in [-0.1, -0.05) is 18.2 Å². The normalized spacial score (nSPS) is 15.8. The van der Waals surface area contributed by atoms with Gasteiger partial charge in [0.1, 0.15) is 0 Å². The molecule has 0 radical (unpaired) electrons. The van der Waals surface area contributed by atoms with Crippen molar-refractivity contribution in [2.45, 2.75) is 31.5 Å². The molecule has 0 saturated heterocycles. The quantitative estimate of drug-likeness (QED) is 0.657. The molecular formula is C23H20F3N3O2. The summed E-state index contributed by atoms with van der Waals surface area (Å²) in [5.74, 6) is -0.493. The molecule has 1 atom stereocenters. The minimum absolute atomic E-state index is 0.0517. The zero-order valence-corrected chi connectivity index (χ0v) is 16.5. The number of amides is 1. The van der Waals surface area contributed by atoms with Crippen LogP contribution in [0.15, 0.2) is 61.1 Å². The summed E-state index contributed by atoms with van der Waals surface area (Å²) in [5, 5.41) is 3.02. The maximum absolute atomic E-state index is 12.6. The van der Waals surface area contributed by atoms with Gasteiger partial charge >= 0.3 is 6.18 Å². The fourth-order valence-electron chi connectivity index (χ4n) is 3.74. The van der Waals surface area contributed by atoms with Gasteiger partial charge in [0.25, 0.3) is 5.91 Å². The summed E-state index contributed by atoms with van der Waals surface area (Å²) in [5.41, 5.74) is 4.96. The van der Waals surface area contributed by atoms with Crippen LogP contribution in [0.2, 0.25) is 0 Å². The van der Waals surface area contributed by atoms with Gasteiger partial charge < -0.3 is 10.1 Å². The van der Waals surface area contributed by atoms with E-state index in [4.69, 9.17) is 0 Å². The van der Waals surface area contributed by atoms with Gasteiger partial charge in [0.15, 0.2) is 6.61 Å². The van der Waals surface area contributed by atoms with Crippen molar-refractivity contribution in [1.82, 2.24) is 15.3 Å². The number of pyridine rings is 2. The first-order valence-electron chi connectivity index (χ1n) is 9.87. The van der Waals surface area contributed by atoms with Crippen LogP contribution < -0.4 is 10.1 Å². The minimum Gasteiger partial charge on any atom is -0.468 e. The van der Waals surface area contributed by atoms with Crippen LogP contribution in [0.5, 0.6) is 5.88 Å². The Bertz CT molecular complexity index is 1050. The molecule has 160 valence electrons. The molecule has 1 amide bonds. The number of rotatable bonds is 5. The number of nitrogens with one attached hydrogen (secondary N) is 1. The van der Waals surface area contributed by atoms with Crippen LogP contribution in [0, 0.1) is 0 Å². The second-order valence-electron chi connectivity index (χ2n) is 7.38. The van der Waals surface area contributed by atoms with Crippen molar-refractivity contribution in [2.24, 2.45) is 0 Å². The average molecular weight is 427 g/mol. The molecule has 0 bridgehead atoms. The average Bonchev–Trinajstić information content (AvgIpc) is 2.77. The van der Waals surface area contributed by atoms with Crippen LogP contribution in [0.4, 0.5) is 13.2 Å². The monoisotopic (exact) mass is 427 g/mol. The van der Waals surface area contributed by atoms with Gasteiger partial charge in [0.05, 0.1) is 5.56 Å². The van der Waals surface area contributed by atoms with E-state index < -0.39 is 12.8 Å². The lowest BCUT2D eigenvalue weighted by atomic mass is 9.83. The summed E-state index contributed by atoms with van der Waals surface area (Å²) in [6, 6.07) is 12.8. The zero-order chi connectivity index (χ0) is 21.8. The van der Waals surface area contributed by atoms with Gasteiger partial charge in [-0.3, -0.25) is 9.78 Å². The van der Waals surface area contributed by atoms with E-state index in [1.54, 1.807) is 12.4 Å². The number of ether oxygens (including phenoxy) is 1. The van der Waals surface area contributed by atoms with Gasteiger partial charge in [0, 0.05) is 30.7 Å². The van der Waals surface area contributed by atoms with Gasteiger partial charge in [-0.2, -0.15) is 13.2 Å². The number of fused-ring (bicyclic) bond motifs is 1. The van der Waals surface area contributed by atoms with Gasteiger partial charge in [0.2, 0.25) is 5.88 Å². The molecule has 0 fully saturated rings. The Morgan fingerprint density at radius 3 is 2.65 bits per heavy atom. The first-order chi connectivity index (χ1) is 14.9. The number of carbonyl (C=O) groups excluding carboxylic acids is 1. The molecule has 2 aromatic heterocycles. The third-order valence-electron chi connectivity index (χ3n) is 5.19. The van der Waals surface area contributed by atoms with Crippen molar-refractivity contribution in [2.75, 3.05) is 6.61 Å². The van der Waals surface area contributed by atoms with Crippen LogP contribution >= 0.6 is 0 Å². The fourth-order valence-corrected chi connectivity index (χ4v) is 3.74. The number of aryl methyl sites for hydroxylation is 1. The number of halogens is 3. The molecule has 31 heavy (non-hydrogen) atoms. The molecule has 1 N–H and O–H groups in total. The third-order valence-corrected chi connectivity index (χ3v) is 5.19. The number of aromatic nitrogens is 2. The molecule has 4 rings (SSSR count). The Kier molecular flexibility index (Phi) is 5.88. The van der Waals surface area contributed by atoms with E-state index in [1.807, 2.05) is 18.2 Å². The minimum atomic E-state index is -4.44. The van der Waals surface area contributed by atoms with E-state index in [9.17, 15) is 18.0 Å². The fraction of sp³-hybridized carbons (Fsp3) is 0.261. The summed E-state index contributed by atoms with van der Waals surface area (Å²) >= 11 is 0. The largest absolute Gasteiger partial charge is 0.468 e. The van der Waals surface area contributed by atoms with E-state index in [1.165, 1.54) is 29.5 Å². The molecule has 0 spiro atoms. The number of nitrogens with zero attached hydrogens (tertiary/aromatic N) is 2. The van der Waals surface area contributed by atoms with E-state index in [0.29, 0.717) is 6.42 Å². The Balaban J connectivity index is 1.43. The smallest absolute Gasteiger partial charge is 0.422 e. The van der Waals surface area contributed by atoms with Crippen molar-refractivity contribution in [3.63, 3.8) is 0 Å². The highest BCUT2D eigenvalue weighted by Crippen LogP contribution is 2.31. The lowest BCUT2D eigenvalue weighted by Crippen LogP contribution is -2.39. The lowest BCUT2D eigenvalue weighted by Gasteiger charge is -2.27. The summed E-state index contributed by atoms with van der Waals surface area (Å²) in [7, 11) is 0. The van der Waals surface area contributed by atoms with Crippen molar-refractivity contribution >= 4 is 5.91 Å². The summed E-state index contributed by atoms with van der Waals surface area (Å²) in [6.07, 6.45) is 2.64. The van der Waals surface area contributed by atoms with E-state index in [0.717, 1.165) is 24.0 Å². The summed E-state index contributed by atoms with van der Waals surface area (Å²) in [4.78, 5) is 20.5. The molecule has 1 aromatic carbocycles. The van der Waals surface area contributed by atoms with Crippen LogP contribution in [-0.4, -0.2) is 34.7 Å². The molecule has 0 saturated carbocycles. The first kappa shape index (κ1) is 20.8. The van der Waals surface area contributed by atoms with Crippen molar-refractivity contribution in [3.05, 3.63) is 77.7 Å². The van der Waals surface area contributed by atoms with Crippen molar-refractivity contribution in [3.8, 4) is 17.0 Å². The Hall–Kier alpha value is -3.42. The Morgan fingerprint density at radius 2 is 1.94 bits per heavy atom. The number of hydrogen-bond acceptors (Lipinski definition) is 4. The summed E-state index contributed by atoms with van der Waals surface area (Å²) in [6.45, 7) is -1.42. The van der Waals surface area contributed by atoms with Gasteiger partial charge in [-0.15, -0.1) is 0 Å². The highest BCUT2D eigenvalue weighted by Gasteiger charge is 2.28. The predicted molar refractivity (Wildman–Crippen MR) is 109 cm³/mol. The van der Waals surface area contributed by atoms with Gasteiger partial charge in [-0.05, 0) is 59.7 Å². The second-order valence-corrected chi connectivity index (χ2v) is 7.38. The van der Waals surface area contributed by atoms with Crippen LogP contribution in [0.1, 0.15) is 27.9 Å². The molecule has 0 unspecified atom stereocenters. The molecule has 1 aliphatic rings. The maximum atomic E-state index is 12.6. The standard InChI is InChI=1S/C23H20F3N3O2/c24-23(25,26)14-31-21-7-5-17(13-28-21)22(30)29-18-6-4-15-2-1-3-19(20(15)12-18)16-8-10-27-11-9-16/h1-3,5,7-11,13,18H,4,6,12,14H2,(H,29,30)/t18-/m1/s1. The Labute approximate surface area is 177 Å². The van der Waals surface area contributed by atoms with Crippen molar-refractivity contribution in [1.29, 1.82) is 0 Å². The number of carbonyl (C=O) groups is 1. The number of alkyl halides is 3. The molecule has 5 nitrogen and oxygen atoms in total. The highest BCUT2D eigenvalue weighted by atomic mass is 19.4. The van der Waals surface area contributed by atoms with E-state index in [2.05, 4.69) is 32.2 Å². The van der Waals surface area contributed by atoms with Crippen LogP contribution in [0.3, 0.4) is 0 Å². The SMILES string of the molecule is O=C(N[C@@H]1CCc2cccc(-c3ccncc3)c2C1)c1ccc(OCC(F)(F)F)nc1. The molecule has 0 aliphatic heterocycles. The van der Waals surface area contributed by atoms with Crippen molar-refractivity contribution < 1.29 is 22.7 Å². The van der Waals surface area contributed by atoms with E-state index >= 15 is 0 Å². The van der Waals surface area contributed by atoms with Crippen LogP contribution in [-0.2, 0) is 12.8 Å². The first-order valence-corrected chi connectivity index (χ1v) is 9.87. The maximum Gasteiger partial charge on any atom is 0.422 e. The summed E-state index contributed by atoms with van der Waals surface area (Å²) < 4.78 is 41.3. The molecule has 3 aromatic rings. The lowest BCUT2D eigenvalue weighted by molar-refractivity contribution is -0.154. The molecular weight excluding hydrogens is 407 g/mol. The Morgan fingerprint density at radius 1 is 1.13 bits per heavy atom. The number of hydrogen-bond donors (Lipinski definition) is 1. The molecule has 2 heterocycles.